The minimum absolute atomic E-state index is 0.483. The van der Waals surface area contributed by atoms with Gasteiger partial charge in [0.15, 0.2) is 0 Å². The van der Waals surface area contributed by atoms with E-state index in [9.17, 15) is 0 Å². The lowest BCUT2D eigenvalue weighted by atomic mass is 10.0. The molecule has 2 unspecified atom stereocenters. The predicted molar refractivity (Wildman–Crippen MR) is 88.5 cm³/mol. The quantitative estimate of drug-likeness (QED) is 0.867. The van der Waals surface area contributed by atoms with Crippen LogP contribution < -0.4 is 5.32 Å². The third kappa shape index (κ3) is 3.85. The summed E-state index contributed by atoms with van der Waals surface area (Å²) in [5, 5.41) is 3.47. The monoisotopic (exact) mass is 287 g/mol. The van der Waals surface area contributed by atoms with E-state index >= 15 is 0 Å². The summed E-state index contributed by atoms with van der Waals surface area (Å²) < 4.78 is 0. The second-order valence-electron chi connectivity index (χ2n) is 6.53. The van der Waals surface area contributed by atoms with Gasteiger partial charge in [0.2, 0.25) is 0 Å². The Morgan fingerprint density at radius 2 is 1.90 bits per heavy atom. The van der Waals surface area contributed by atoms with E-state index in [2.05, 4.69) is 52.5 Å². The molecule has 2 fully saturated rings. The van der Waals surface area contributed by atoms with E-state index in [1.54, 1.807) is 0 Å². The molecule has 0 bridgehead atoms. The summed E-state index contributed by atoms with van der Waals surface area (Å²) in [6.45, 7) is 6.45. The Labute approximate surface area is 129 Å². The Morgan fingerprint density at radius 1 is 1.14 bits per heavy atom. The van der Waals surface area contributed by atoms with Crippen LogP contribution in [0, 0.1) is 0 Å². The SMILES string of the molecule is CNC(CCN1CCC(N2CCCC2)C1)c1ccccc1. The molecule has 3 heteroatoms. The molecular weight excluding hydrogens is 258 g/mol. The van der Waals surface area contributed by atoms with E-state index in [4.69, 9.17) is 0 Å². The second-order valence-corrected chi connectivity index (χ2v) is 6.53. The molecule has 3 rings (SSSR count). The van der Waals surface area contributed by atoms with Gasteiger partial charge >= 0.3 is 0 Å². The summed E-state index contributed by atoms with van der Waals surface area (Å²) in [6, 6.07) is 12.2. The normalized spacial score (nSPS) is 25.5. The third-order valence-electron chi connectivity index (χ3n) is 5.19. The van der Waals surface area contributed by atoms with Crippen LogP contribution in [0.25, 0.3) is 0 Å². The Kier molecular flexibility index (Phi) is 5.28. The van der Waals surface area contributed by atoms with Crippen LogP contribution in [-0.2, 0) is 0 Å². The molecule has 0 spiro atoms. The summed E-state index contributed by atoms with van der Waals surface area (Å²) in [4.78, 5) is 5.38. The average molecular weight is 287 g/mol. The van der Waals surface area contributed by atoms with Crippen LogP contribution >= 0.6 is 0 Å². The highest BCUT2D eigenvalue weighted by Gasteiger charge is 2.29. The molecule has 2 aliphatic heterocycles. The van der Waals surface area contributed by atoms with Gasteiger partial charge in [-0.15, -0.1) is 0 Å². The van der Waals surface area contributed by atoms with Gasteiger partial charge in [0, 0.05) is 25.2 Å². The highest BCUT2D eigenvalue weighted by atomic mass is 15.3. The number of nitrogens with zero attached hydrogens (tertiary/aromatic N) is 2. The lowest BCUT2D eigenvalue weighted by molar-refractivity contribution is 0.228. The highest BCUT2D eigenvalue weighted by Crippen LogP contribution is 2.22. The lowest BCUT2D eigenvalue weighted by Crippen LogP contribution is -2.36. The van der Waals surface area contributed by atoms with Crippen molar-refractivity contribution in [2.75, 3.05) is 39.8 Å². The van der Waals surface area contributed by atoms with Gasteiger partial charge in [-0.05, 0) is 57.9 Å². The fourth-order valence-corrected chi connectivity index (χ4v) is 3.89. The highest BCUT2D eigenvalue weighted by molar-refractivity contribution is 5.18. The zero-order valence-electron chi connectivity index (χ0n) is 13.3. The fraction of sp³-hybridized carbons (Fsp3) is 0.667. The van der Waals surface area contributed by atoms with Gasteiger partial charge < -0.3 is 10.2 Å². The Balaban J connectivity index is 1.46. The molecule has 0 aromatic heterocycles. The molecule has 0 saturated carbocycles. The largest absolute Gasteiger partial charge is 0.313 e. The standard InChI is InChI=1S/C18H29N3/c1-19-18(16-7-3-2-4-8-16)10-14-20-13-9-17(15-20)21-11-5-6-12-21/h2-4,7-8,17-19H,5-6,9-15H2,1H3. The van der Waals surface area contributed by atoms with Crippen LogP contribution in [0.3, 0.4) is 0 Å². The Hall–Kier alpha value is -0.900. The van der Waals surface area contributed by atoms with E-state index in [1.807, 2.05) is 0 Å². The summed E-state index contributed by atoms with van der Waals surface area (Å²) in [7, 11) is 2.08. The smallest absolute Gasteiger partial charge is 0.0329 e. The lowest BCUT2D eigenvalue weighted by Gasteiger charge is -2.25. The van der Waals surface area contributed by atoms with Gasteiger partial charge in [-0.3, -0.25) is 4.90 Å². The van der Waals surface area contributed by atoms with Crippen molar-refractivity contribution < 1.29 is 0 Å². The first-order chi connectivity index (χ1) is 10.4. The zero-order chi connectivity index (χ0) is 14.5. The molecular formula is C18H29N3. The van der Waals surface area contributed by atoms with E-state index in [0.29, 0.717) is 6.04 Å². The number of likely N-dealkylation sites (tertiary alicyclic amines) is 2. The molecule has 0 radical (unpaired) electrons. The second kappa shape index (κ2) is 7.39. The number of hydrogen-bond acceptors (Lipinski definition) is 3. The maximum atomic E-state index is 3.47. The van der Waals surface area contributed by atoms with Gasteiger partial charge in [-0.2, -0.15) is 0 Å². The molecule has 0 aliphatic carbocycles. The van der Waals surface area contributed by atoms with Gasteiger partial charge in [0.05, 0.1) is 0 Å². The molecule has 0 amide bonds. The topological polar surface area (TPSA) is 18.5 Å². The molecule has 1 N–H and O–H groups in total. The van der Waals surface area contributed by atoms with Gasteiger partial charge in [0.1, 0.15) is 0 Å². The first-order valence-electron chi connectivity index (χ1n) is 8.55. The van der Waals surface area contributed by atoms with Crippen molar-refractivity contribution in [1.82, 2.24) is 15.1 Å². The number of hydrogen-bond donors (Lipinski definition) is 1. The van der Waals surface area contributed by atoms with Crippen molar-refractivity contribution in [2.45, 2.75) is 37.8 Å². The van der Waals surface area contributed by atoms with Crippen molar-refractivity contribution in [2.24, 2.45) is 0 Å². The van der Waals surface area contributed by atoms with Crippen molar-refractivity contribution in [1.29, 1.82) is 0 Å². The maximum absolute atomic E-state index is 3.47. The molecule has 1 aromatic carbocycles. The summed E-state index contributed by atoms with van der Waals surface area (Å²) >= 11 is 0. The minimum atomic E-state index is 0.483. The number of nitrogens with one attached hydrogen (secondary N) is 1. The summed E-state index contributed by atoms with van der Waals surface area (Å²) in [6.07, 6.45) is 5.39. The zero-order valence-corrected chi connectivity index (χ0v) is 13.3. The molecule has 2 heterocycles. The van der Waals surface area contributed by atoms with Gasteiger partial charge in [0.25, 0.3) is 0 Å². The van der Waals surface area contributed by atoms with E-state index in [0.717, 1.165) is 6.04 Å². The molecule has 116 valence electrons. The predicted octanol–water partition coefficient (Wildman–Crippen LogP) is 2.51. The van der Waals surface area contributed by atoms with Crippen molar-refractivity contribution in [3.63, 3.8) is 0 Å². The molecule has 1 aromatic rings. The number of rotatable bonds is 6. The first-order valence-corrected chi connectivity index (χ1v) is 8.55. The molecule has 2 saturated heterocycles. The molecule has 2 atom stereocenters. The number of benzene rings is 1. The first kappa shape index (κ1) is 15.0. The van der Waals surface area contributed by atoms with Crippen LogP contribution in [0.1, 0.15) is 37.3 Å². The van der Waals surface area contributed by atoms with Crippen LogP contribution in [-0.4, -0.2) is 55.6 Å². The van der Waals surface area contributed by atoms with E-state index < -0.39 is 0 Å². The van der Waals surface area contributed by atoms with Gasteiger partial charge in [-0.1, -0.05) is 30.3 Å². The Morgan fingerprint density at radius 3 is 2.62 bits per heavy atom. The average Bonchev–Trinajstić information content (AvgIpc) is 3.20. The fourth-order valence-electron chi connectivity index (χ4n) is 3.89. The van der Waals surface area contributed by atoms with Crippen molar-refractivity contribution in [3.05, 3.63) is 35.9 Å². The van der Waals surface area contributed by atoms with Crippen LogP contribution in [0.15, 0.2) is 30.3 Å². The van der Waals surface area contributed by atoms with Crippen LogP contribution in [0.2, 0.25) is 0 Å². The third-order valence-corrected chi connectivity index (χ3v) is 5.19. The molecule has 21 heavy (non-hydrogen) atoms. The summed E-state index contributed by atoms with van der Waals surface area (Å²) in [5.41, 5.74) is 1.41. The van der Waals surface area contributed by atoms with Gasteiger partial charge in [-0.25, -0.2) is 0 Å². The van der Waals surface area contributed by atoms with E-state index in [1.165, 1.54) is 64.0 Å². The van der Waals surface area contributed by atoms with Crippen molar-refractivity contribution >= 4 is 0 Å². The summed E-state index contributed by atoms with van der Waals surface area (Å²) in [5.74, 6) is 0. The maximum Gasteiger partial charge on any atom is 0.0329 e. The Bertz CT molecular complexity index is 414. The minimum Gasteiger partial charge on any atom is -0.313 e. The van der Waals surface area contributed by atoms with E-state index in [-0.39, 0.29) is 0 Å². The molecule has 2 aliphatic rings. The van der Waals surface area contributed by atoms with Crippen LogP contribution in [0.4, 0.5) is 0 Å². The van der Waals surface area contributed by atoms with Crippen molar-refractivity contribution in [3.8, 4) is 0 Å². The molecule has 3 nitrogen and oxygen atoms in total. The van der Waals surface area contributed by atoms with Crippen LogP contribution in [0.5, 0.6) is 0 Å².